The lowest BCUT2D eigenvalue weighted by molar-refractivity contribution is 0.0475. The number of ether oxygens (including phenoxy) is 1. The molecule has 0 saturated heterocycles. The number of Topliss-reactive ketones (excluding diaryl/α,β-unsaturated/α-hetero) is 1. The second-order valence-corrected chi connectivity index (χ2v) is 9.71. The summed E-state index contributed by atoms with van der Waals surface area (Å²) in [5, 5.41) is 0. The van der Waals surface area contributed by atoms with Gasteiger partial charge >= 0.3 is 5.97 Å². The third-order valence-electron chi connectivity index (χ3n) is 4.19. The lowest BCUT2D eigenvalue weighted by Crippen LogP contribution is -2.30. The number of esters is 1. The first-order valence-electron chi connectivity index (χ1n) is 8.96. The molecular weight excluding hydrogens is 446 g/mol. The number of sulfonamides is 1. The molecule has 0 bridgehead atoms. The molecule has 3 rings (SSSR count). The van der Waals surface area contributed by atoms with Crippen molar-refractivity contribution in [1.82, 2.24) is 0 Å². The Morgan fingerprint density at radius 2 is 1.67 bits per heavy atom. The van der Waals surface area contributed by atoms with Crippen LogP contribution in [0, 0.1) is 0 Å². The molecule has 2 aromatic carbocycles. The molecule has 0 aliphatic carbocycles. The molecular formula is C21H18ClNO5S2. The number of nitrogens with zero attached hydrogens (tertiary/aromatic N) is 1. The van der Waals surface area contributed by atoms with E-state index in [4.69, 9.17) is 16.3 Å². The molecule has 1 heterocycles. The Balaban J connectivity index is 1.70. The normalized spacial score (nSPS) is 11.1. The van der Waals surface area contributed by atoms with Gasteiger partial charge < -0.3 is 4.74 Å². The molecule has 30 heavy (non-hydrogen) atoms. The molecule has 0 aliphatic rings. The Hall–Kier alpha value is -2.68. The van der Waals surface area contributed by atoms with Crippen LogP contribution in [0.1, 0.15) is 27.0 Å². The largest absolute Gasteiger partial charge is 0.454 e. The van der Waals surface area contributed by atoms with E-state index in [1.165, 1.54) is 28.6 Å². The van der Waals surface area contributed by atoms with Gasteiger partial charge in [-0.1, -0.05) is 29.8 Å². The van der Waals surface area contributed by atoms with E-state index in [0.29, 0.717) is 14.9 Å². The van der Waals surface area contributed by atoms with Crippen molar-refractivity contribution in [2.45, 2.75) is 11.8 Å². The Morgan fingerprint density at radius 3 is 2.23 bits per heavy atom. The van der Waals surface area contributed by atoms with Crippen LogP contribution in [0.2, 0.25) is 4.34 Å². The van der Waals surface area contributed by atoms with Crippen molar-refractivity contribution in [2.75, 3.05) is 17.5 Å². The number of carbonyl (C=O) groups is 2. The van der Waals surface area contributed by atoms with E-state index in [9.17, 15) is 18.0 Å². The van der Waals surface area contributed by atoms with Gasteiger partial charge in [0.2, 0.25) is 5.78 Å². The van der Waals surface area contributed by atoms with E-state index in [2.05, 4.69) is 0 Å². The fourth-order valence-electron chi connectivity index (χ4n) is 2.73. The maximum Gasteiger partial charge on any atom is 0.338 e. The zero-order chi connectivity index (χ0) is 21.7. The minimum absolute atomic E-state index is 0.0501. The SMILES string of the molecule is CCN(c1ccccc1)S(=O)(=O)c1ccc(C(=O)OCC(=O)c2ccc(Cl)s2)cc1. The van der Waals surface area contributed by atoms with Crippen LogP contribution in [0.3, 0.4) is 0 Å². The van der Waals surface area contributed by atoms with Gasteiger partial charge in [0.15, 0.2) is 6.61 Å². The van der Waals surface area contributed by atoms with Crippen molar-refractivity contribution in [3.63, 3.8) is 0 Å². The van der Waals surface area contributed by atoms with Crippen molar-refractivity contribution >= 4 is 50.4 Å². The predicted octanol–water partition coefficient (Wildman–Crippen LogP) is 4.66. The van der Waals surface area contributed by atoms with Gasteiger partial charge in [-0.25, -0.2) is 13.2 Å². The van der Waals surface area contributed by atoms with Crippen LogP contribution in [-0.2, 0) is 14.8 Å². The smallest absolute Gasteiger partial charge is 0.338 e. The number of ketones is 1. The zero-order valence-electron chi connectivity index (χ0n) is 15.9. The van der Waals surface area contributed by atoms with E-state index in [-0.39, 0.29) is 22.8 Å². The minimum atomic E-state index is -3.79. The van der Waals surface area contributed by atoms with Gasteiger partial charge in [-0.3, -0.25) is 9.10 Å². The van der Waals surface area contributed by atoms with Crippen molar-refractivity contribution in [1.29, 1.82) is 0 Å². The summed E-state index contributed by atoms with van der Waals surface area (Å²) in [7, 11) is -3.79. The monoisotopic (exact) mass is 463 g/mol. The molecule has 3 aromatic rings. The first-order valence-corrected chi connectivity index (χ1v) is 11.6. The molecule has 0 fully saturated rings. The Bertz CT molecular complexity index is 1140. The molecule has 0 amide bonds. The fourth-order valence-corrected chi connectivity index (χ4v) is 5.17. The summed E-state index contributed by atoms with van der Waals surface area (Å²) < 4.78 is 32.7. The summed E-state index contributed by atoms with van der Waals surface area (Å²) in [6.07, 6.45) is 0. The molecule has 9 heteroatoms. The molecule has 0 saturated carbocycles. The van der Waals surface area contributed by atoms with Crippen LogP contribution in [-0.4, -0.2) is 33.3 Å². The number of halogens is 1. The van der Waals surface area contributed by atoms with Gasteiger partial charge in [0, 0.05) is 6.54 Å². The molecule has 0 radical (unpaired) electrons. The lowest BCUT2D eigenvalue weighted by Gasteiger charge is -2.22. The van der Waals surface area contributed by atoms with E-state index in [0.717, 1.165) is 11.3 Å². The highest BCUT2D eigenvalue weighted by molar-refractivity contribution is 7.92. The average Bonchev–Trinajstić information content (AvgIpc) is 3.19. The summed E-state index contributed by atoms with van der Waals surface area (Å²) in [5.74, 6) is -1.08. The topological polar surface area (TPSA) is 80.8 Å². The Labute approximate surface area is 183 Å². The first kappa shape index (κ1) is 22.0. The standard InChI is InChI=1S/C21H18ClNO5S2/c1-2-23(16-6-4-3-5-7-16)30(26,27)17-10-8-15(9-11-17)21(25)28-14-18(24)19-12-13-20(22)29-19/h3-13H,2,14H2,1H3. The molecule has 156 valence electrons. The van der Waals surface area contributed by atoms with Crippen molar-refractivity contribution < 1.29 is 22.7 Å². The number of para-hydroxylation sites is 1. The number of carbonyl (C=O) groups excluding carboxylic acids is 2. The Kier molecular flexibility index (Phi) is 6.91. The van der Waals surface area contributed by atoms with E-state index >= 15 is 0 Å². The van der Waals surface area contributed by atoms with Crippen LogP contribution in [0.25, 0.3) is 0 Å². The molecule has 0 atom stereocenters. The summed E-state index contributed by atoms with van der Waals surface area (Å²) in [6, 6.07) is 17.3. The first-order chi connectivity index (χ1) is 14.3. The quantitative estimate of drug-likeness (QED) is 0.358. The summed E-state index contributed by atoms with van der Waals surface area (Å²) >= 11 is 6.90. The van der Waals surface area contributed by atoms with Crippen molar-refractivity contribution in [2.24, 2.45) is 0 Å². The summed E-state index contributed by atoms with van der Waals surface area (Å²) in [5.41, 5.74) is 0.699. The lowest BCUT2D eigenvalue weighted by atomic mass is 10.2. The number of hydrogen-bond acceptors (Lipinski definition) is 6. The minimum Gasteiger partial charge on any atom is -0.454 e. The maximum absolute atomic E-state index is 13.0. The number of rotatable bonds is 8. The van der Waals surface area contributed by atoms with Gasteiger partial charge in [0.1, 0.15) is 0 Å². The number of thiophene rings is 1. The average molecular weight is 464 g/mol. The van der Waals surface area contributed by atoms with E-state index < -0.39 is 22.6 Å². The second kappa shape index (κ2) is 9.42. The number of anilines is 1. The molecule has 0 spiro atoms. The fraction of sp³-hybridized carbons (Fsp3) is 0.143. The summed E-state index contributed by atoms with van der Waals surface area (Å²) in [6.45, 7) is 1.58. The zero-order valence-corrected chi connectivity index (χ0v) is 18.3. The predicted molar refractivity (Wildman–Crippen MR) is 117 cm³/mol. The molecule has 0 N–H and O–H groups in total. The van der Waals surface area contributed by atoms with Gasteiger partial charge in [-0.2, -0.15) is 0 Å². The summed E-state index contributed by atoms with van der Waals surface area (Å²) in [4.78, 5) is 24.7. The number of hydrogen-bond donors (Lipinski definition) is 0. The number of benzene rings is 2. The highest BCUT2D eigenvalue weighted by atomic mass is 35.5. The maximum atomic E-state index is 13.0. The van der Waals surface area contributed by atoms with Gasteiger partial charge in [-0.05, 0) is 55.5 Å². The van der Waals surface area contributed by atoms with Gasteiger partial charge in [-0.15, -0.1) is 11.3 Å². The van der Waals surface area contributed by atoms with Crippen LogP contribution in [0.4, 0.5) is 5.69 Å². The Morgan fingerprint density at radius 1 is 1.00 bits per heavy atom. The van der Waals surface area contributed by atoms with Crippen LogP contribution in [0.5, 0.6) is 0 Å². The van der Waals surface area contributed by atoms with Crippen molar-refractivity contribution in [3.05, 3.63) is 81.5 Å². The second-order valence-electron chi connectivity index (χ2n) is 6.13. The van der Waals surface area contributed by atoms with Crippen LogP contribution < -0.4 is 4.31 Å². The highest BCUT2D eigenvalue weighted by Gasteiger charge is 2.24. The third-order valence-corrected chi connectivity index (χ3v) is 7.38. The van der Waals surface area contributed by atoms with E-state index in [1.807, 2.05) is 6.07 Å². The van der Waals surface area contributed by atoms with Crippen LogP contribution in [0.15, 0.2) is 71.6 Å². The third kappa shape index (κ3) is 4.89. The van der Waals surface area contributed by atoms with Gasteiger partial charge in [0.25, 0.3) is 10.0 Å². The highest BCUT2D eigenvalue weighted by Crippen LogP contribution is 2.24. The van der Waals surface area contributed by atoms with E-state index in [1.54, 1.807) is 43.3 Å². The molecule has 6 nitrogen and oxygen atoms in total. The van der Waals surface area contributed by atoms with Gasteiger partial charge in [0.05, 0.1) is 25.4 Å². The van der Waals surface area contributed by atoms with Crippen LogP contribution >= 0.6 is 22.9 Å². The molecule has 0 unspecified atom stereocenters. The van der Waals surface area contributed by atoms with Crippen molar-refractivity contribution in [3.8, 4) is 0 Å². The molecule has 0 aliphatic heterocycles. The molecule has 1 aromatic heterocycles.